The molecule has 8 heteroatoms. The van der Waals surface area contributed by atoms with Crippen molar-refractivity contribution in [2.75, 3.05) is 31.6 Å². The monoisotopic (exact) mass is 335 g/mol. The van der Waals surface area contributed by atoms with E-state index in [2.05, 4.69) is 0 Å². The zero-order valence-corrected chi connectivity index (χ0v) is 13.1. The van der Waals surface area contributed by atoms with Gasteiger partial charge in [-0.15, -0.1) is 0 Å². The van der Waals surface area contributed by atoms with Crippen molar-refractivity contribution in [1.82, 2.24) is 5.06 Å². The van der Waals surface area contributed by atoms with Gasteiger partial charge in [-0.2, -0.15) is 5.06 Å². The zero-order valence-electron chi connectivity index (χ0n) is 13.1. The fourth-order valence-electron chi connectivity index (χ4n) is 3.87. The van der Waals surface area contributed by atoms with Gasteiger partial charge in [0.2, 0.25) is 0 Å². The van der Waals surface area contributed by atoms with E-state index in [-0.39, 0.29) is 18.3 Å². The topological polar surface area (TPSA) is 85.1 Å². The molecule has 1 aliphatic carbocycles. The standard InChI is InChI=1S/C16H18FN3O4/c1-23-19-5-10-11(6-19)14(10)9-3-2-8(4-12(9)17)20-7-13(15(18)21)24-16(20)22/h2-4,10-11,13-14H,5-7H2,1H3,(H2,18,21)/t10-,11+,13-,14+/m1/s1. The van der Waals surface area contributed by atoms with Crippen LogP contribution in [0.25, 0.3) is 0 Å². The lowest BCUT2D eigenvalue weighted by Gasteiger charge is -2.17. The molecule has 3 aliphatic rings. The fraction of sp³-hybridized carbons (Fsp3) is 0.500. The molecule has 3 fully saturated rings. The predicted octanol–water partition coefficient (Wildman–Crippen LogP) is 0.843. The number of cyclic esters (lactones) is 1. The second kappa shape index (κ2) is 5.42. The first kappa shape index (κ1) is 15.3. The molecule has 0 unspecified atom stereocenters. The Morgan fingerprint density at radius 1 is 1.33 bits per heavy atom. The van der Waals surface area contributed by atoms with Crippen LogP contribution < -0.4 is 10.6 Å². The van der Waals surface area contributed by atoms with Crippen LogP contribution in [0.15, 0.2) is 18.2 Å². The Hall–Kier alpha value is -2.19. The largest absolute Gasteiger partial charge is 0.434 e. The number of carbonyl (C=O) groups is 2. The van der Waals surface area contributed by atoms with Crippen LogP contribution in [0.2, 0.25) is 0 Å². The number of amides is 2. The molecule has 0 radical (unpaired) electrons. The number of halogens is 1. The van der Waals surface area contributed by atoms with E-state index >= 15 is 0 Å². The molecule has 128 valence electrons. The molecule has 0 spiro atoms. The summed E-state index contributed by atoms with van der Waals surface area (Å²) in [4.78, 5) is 29.4. The van der Waals surface area contributed by atoms with Crippen molar-refractivity contribution in [3.8, 4) is 0 Å². The van der Waals surface area contributed by atoms with Gasteiger partial charge in [-0.05, 0) is 35.4 Å². The van der Waals surface area contributed by atoms with Crippen molar-refractivity contribution in [3.63, 3.8) is 0 Å². The summed E-state index contributed by atoms with van der Waals surface area (Å²) >= 11 is 0. The number of hydrogen-bond donors (Lipinski definition) is 1. The van der Waals surface area contributed by atoms with Crippen molar-refractivity contribution >= 4 is 17.7 Å². The Morgan fingerprint density at radius 2 is 2.04 bits per heavy atom. The smallest absolute Gasteiger partial charge is 0.415 e. The zero-order chi connectivity index (χ0) is 17.0. The second-order valence-corrected chi connectivity index (χ2v) is 6.47. The summed E-state index contributed by atoms with van der Waals surface area (Å²) in [5.74, 6) is -0.0143. The van der Waals surface area contributed by atoms with Gasteiger partial charge in [0.05, 0.1) is 19.3 Å². The number of fused-ring (bicyclic) bond motifs is 1. The summed E-state index contributed by atoms with van der Waals surface area (Å²) in [6, 6.07) is 4.73. The highest BCUT2D eigenvalue weighted by Gasteiger charge is 2.57. The van der Waals surface area contributed by atoms with E-state index in [1.807, 2.05) is 5.06 Å². The highest BCUT2D eigenvalue weighted by Crippen LogP contribution is 2.58. The minimum Gasteiger partial charge on any atom is -0.434 e. The van der Waals surface area contributed by atoms with E-state index in [1.165, 1.54) is 11.0 Å². The quantitative estimate of drug-likeness (QED) is 0.881. The summed E-state index contributed by atoms with van der Waals surface area (Å²) in [7, 11) is 1.64. The molecule has 0 aromatic heterocycles. The molecule has 1 saturated carbocycles. The molecule has 2 aliphatic heterocycles. The van der Waals surface area contributed by atoms with Gasteiger partial charge in [0, 0.05) is 13.1 Å². The minimum atomic E-state index is -0.997. The summed E-state index contributed by atoms with van der Waals surface area (Å²) in [5.41, 5.74) is 6.19. The van der Waals surface area contributed by atoms with Crippen molar-refractivity contribution in [1.29, 1.82) is 0 Å². The van der Waals surface area contributed by atoms with Gasteiger partial charge in [0.25, 0.3) is 5.91 Å². The Kier molecular flexibility index (Phi) is 3.47. The molecular weight excluding hydrogens is 317 g/mol. The first-order chi connectivity index (χ1) is 11.5. The van der Waals surface area contributed by atoms with E-state index in [0.717, 1.165) is 13.1 Å². The first-order valence-corrected chi connectivity index (χ1v) is 7.85. The van der Waals surface area contributed by atoms with Crippen LogP contribution in [-0.4, -0.2) is 49.9 Å². The Labute approximate surface area is 138 Å². The molecule has 7 nitrogen and oxygen atoms in total. The highest BCUT2D eigenvalue weighted by atomic mass is 19.1. The number of nitrogens with zero attached hydrogens (tertiary/aromatic N) is 2. The summed E-state index contributed by atoms with van der Waals surface area (Å²) in [6.45, 7) is 1.63. The van der Waals surface area contributed by atoms with E-state index in [9.17, 15) is 14.0 Å². The fourth-order valence-corrected chi connectivity index (χ4v) is 3.87. The third-order valence-corrected chi connectivity index (χ3v) is 5.20. The van der Waals surface area contributed by atoms with Crippen LogP contribution in [0.3, 0.4) is 0 Å². The molecule has 2 saturated heterocycles. The molecular formula is C16H18FN3O4. The Balaban J connectivity index is 1.50. The molecule has 2 N–H and O–H groups in total. The van der Waals surface area contributed by atoms with E-state index in [0.29, 0.717) is 23.1 Å². The molecule has 1 aromatic carbocycles. The average Bonchev–Trinajstić information content (AvgIpc) is 2.90. The second-order valence-electron chi connectivity index (χ2n) is 6.47. The Bertz CT molecular complexity index is 701. The molecule has 24 heavy (non-hydrogen) atoms. The first-order valence-electron chi connectivity index (χ1n) is 7.85. The number of anilines is 1. The maximum Gasteiger partial charge on any atom is 0.415 e. The van der Waals surface area contributed by atoms with Crippen molar-refractivity contribution in [2.24, 2.45) is 17.6 Å². The Morgan fingerprint density at radius 3 is 2.58 bits per heavy atom. The SMILES string of the molecule is CON1C[C@@H]2[C@H](C1)[C@H]2c1ccc(N2C[C@H](C(N)=O)OC2=O)cc1F. The lowest BCUT2D eigenvalue weighted by molar-refractivity contribution is -0.124. The molecule has 4 atom stereocenters. The predicted molar refractivity (Wildman–Crippen MR) is 81.5 cm³/mol. The maximum absolute atomic E-state index is 14.5. The maximum atomic E-state index is 14.5. The number of primary amides is 1. The number of hydrogen-bond acceptors (Lipinski definition) is 5. The van der Waals surface area contributed by atoms with Crippen LogP contribution in [0.1, 0.15) is 11.5 Å². The van der Waals surface area contributed by atoms with Gasteiger partial charge in [0.15, 0.2) is 6.10 Å². The molecule has 4 rings (SSSR count). The number of hydroxylamine groups is 2. The summed E-state index contributed by atoms with van der Waals surface area (Å²) < 4.78 is 19.4. The third kappa shape index (κ3) is 2.33. The number of rotatable bonds is 4. The van der Waals surface area contributed by atoms with E-state index in [1.54, 1.807) is 19.2 Å². The van der Waals surface area contributed by atoms with Crippen molar-refractivity contribution in [2.45, 2.75) is 12.0 Å². The molecule has 0 bridgehead atoms. The number of nitrogens with two attached hydrogens (primary N) is 1. The number of carbonyl (C=O) groups excluding carboxylic acids is 2. The van der Waals surface area contributed by atoms with Crippen LogP contribution >= 0.6 is 0 Å². The number of piperidine rings is 1. The van der Waals surface area contributed by atoms with Crippen molar-refractivity contribution < 1.29 is 23.6 Å². The number of ether oxygens (including phenoxy) is 1. The van der Waals surface area contributed by atoms with Gasteiger partial charge in [-0.3, -0.25) is 9.69 Å². The van der Waals surface area contributed by atoms with Gasteiger partial charge >= 0.3 is 6.09 Å². The number of benzene rings is 1. The third-order valence-electron chi connectivity index (χ3n) is 5.20. The van der Waals surface area contributed by atoms with Crippen LogP contribution in [0, 0.1) is 17.7 Å². The van der Waals surface area contributed by atoms with E-state index in [4.69, 9.17) is 15.3 Å². The van der Waals surface area contributed by atoms with Gasteiger partial charge in [-0.25, -0.2) is 9.18 Å². The lowest BCUT2D eigenvalue weighted by Crippen LogP contribution is -2.32. The van der Waals surface area contributed by atoms with Gasteiger partial charge in [0.1, 0.15) is 5.82 Å². The van der Waals surface area contributed by atoms with Crippen LogP contribution in [-0.2, 0) is 14.4 Å². The minimum absolute atomic E-state index is 0.00440. The molecule has 2 heterocycles. The lowest BCUT2D eigenvalue weighted by atomic mass is 10.1. The van der Waals surface area contributed by atoms with E-state index < -0.39 is 18.1 Å². The molecule has 1 aromatic rings. The average molecular weight is 335 g/mol. The highest BCUT2D eigenvalue weighted by molar-refractivity contribution is 5.95. The normalized spacial score (nSPS) is 31.9. The van der Waals surface area contributed by atoms with Gasteiger partial charge in [-0.1, -0.05) is 6.07 Å². The van der Waals surface area contributed by atoms with Crippen LogP contribution in [0.4, 0.5) is 14.9 Å². The van der Waals surface area contributed by atoms with Crippen LogP contribution in [0.5, 0.6) is 0 Å². The summed E-state index contributed by atoms with van der Waals surface area (Å²) in [5, 5.41) is 1.89. The molecule has 2 amide bonds. The summed E-state index contributed by atoms with van der Waals surface area (Å²) in [6.07, 6.45) is -1.69. The van der Waals surface area contributed by atoms with Gasteiger partial charge < -0.3 is 15.3 Å². The van der Waals surface area contributed by atoms with Crippen molar-refractivity contribution in [3.05, 3.63) is 29.6 Å².